The van der Waals surface area contributed by atoms with Crippen molar-refractivity contribution in [3.63, 3.8) is 0 Å². The fraction of sp³-hybridized carbons (Fsp3) is 0.538. The SMILES string of the molecule is CCSC1CCC(NC(=O)c2nc(N)ccc2Cl)C1. The lowest BCUT2D eigenvalue weighted by Gasteiger charge is -2.13. The lowest BCUT2D eigenvalue weighted by Crippen LogP contribution is -2.34. The Kier molecular flexibility index (Phi) is 4.93. The molecule has 1 heterocycles. The zero-order valence-corrected chi connectivity index (χ0v) is 12.4. The second kappa shape index (κ2) is 6.48. The highest BCUT2D eigenvalue weighted by atomic mass is 35.5. The van der Waals surface area contributed by atoms with Gasteiger partial charge in [-0.05, 0) is 37.1 Å². The number of carbonyl (C=O) groups is 1. The Balaban J connectivity index is 1.96. The van der Waals surface area contributed by atoms with E-state index in [0.29, 0.717) is 16.1 Å². The third kappa shape index (κ3) is 3.76. The number of pyridine rings is 1. The second-order valence-corrected chi connectivity index (χ2v) is 6.61. The van der Waals surface area contributed by atoms with Gasteiger partial charge in [-0.1, -0.05) is 18.5 Å². The van der Waals surface area contributed by atoms with Crippen molar-refractivity contribution in [3.8, 4) is 0 Å². The van der Waals surface area contributed by atoms with Crippen LogP contribution in [-0.4, -0.2) is 27.9 Å². The summed E-state index contributed by atoms with van der Waals surface area (Å²) < 4.78 is 0. The lowest BCUT2D eigenvalue weighted by molar-refractivity contribution is 0.0933. The van der Waals surface area contributed by atoms with E-state index in [-0.39, 0.29) is 17.6 Å². The fourth-order valence-electron chi connectivity index (χ4n) is 2.33. The minimum atomic E-state index is -0.232. The predicted molar refractivity (Wildman–Crippen MR) is 80.7 cm³/mol. The van der Waals surface area contributed by atoms with Crippen LogP contribution in [0.25, 0.3) is 0 Å². The van der Waals surface area contributed by atoms with E-state index in [9.17, 15) is 4.79 Å². The summed E-state index contributed by atoms with van der Waals surface area (Å²) in [6.45, 7) is 2.16. The summed E-state index contributed by atoms with van der Waals surface area (Å²) in [6.07, 6.45) is 3.19. The van der Waals surface area contributed by atoms with Gasteiger partial charge in [0.2, 0.25) is 0 Å². The van der Waals surface area contributed by atoms with Gasteiger partial charge in [0.05, 0.1) is 5.02 Å². The van der Waals surface area contributed by atoms with Gasteiger partial charge in [-0.3, -0.25) is 4.79 Å². The first-order chi connectivity index (χ1) is 9.10. The molecular weight excluding hydrogens is 282 g/mol. The number of hydrogen-bond acceptors (Lipinski definition) is 4. The van der Waals surface area contributed by atoms with E-state index in [4.69, 9.17) is 17.3 Å². The molecule has 1 saturated carbocycles. The minimum Gasteiger partial charge on any atom is -0.384 e. The normalized spacial score (nSPS) is 22.4. The van der Waals surface area contributed by atoms with Crippen LogP contribution in [0, 0.1) is 0 Å². The number of nitrogens with zero attached hydrogens (tertiary/aromatic N) is 1. The summed E-state index contributed by atoms with van der Waals surface area (Å²) in [5.74, 6) is 1.19. The van der Waals surface area contributed by atoms with Gasteiger partial charge in [-0.25, -0.2) is 4.98 Å². The molecule has 0 aromatic carbocycles. The maximum Gasteiger partial charge on any atom is 0.271 e. The van der Waals surface area contributed by atoms with Crippen LogP contribution < -0.4 is 11.1 Å². The van der Waals surface area contributed by atoms with Crippen molar-refractivity contribution < 1.29 is 4.79 Å². The Morgan fingerprint density at radius 1 is 1.58 bits per heavy atom. The lowest BCUT2D eigenvalue weighted by atomic mass is 10.2. The quantitative estimate of drug-likeness (QED) is 0.897. The standard InChI is InChI=1S/C13H18ClN3OS/c1-2-19-9-4-3-8(7-9)16-13(18)12-10(14)5-6-11(15)17-12/h5-6,8-9H,2-4,7H2,1H3,(H2,15,17)(H,16,18). The zero-order chi connectivity index (χ0) is 13.8. The molecule has 2 atom stereocenters. The second-order valence-electron chi connectivity index (χ2n) is 4.63. The van der Waals surface area contributed by atoms with Crippen molar-refractivity contribution in [1.82, 2.24) is 10.3 Å². The number of hydrogen-bond donors (Lipinski definition) is 2. The van der Waals surface area contributed by atoms with Gasteiger partial charge in [0, 0.05) is 11.3 Å². The summed E-state index contributed by atoms with van der Waals surface area (Å²) in [5, 5.41) is 3.99. The maximum atomic E-state index is 12.1. The highest BCUT2D eigenvalue weighted by Gasteiger charge is 2.26. The molecule has 0 radical (unpaired) electrons. The number of rotatable bonds is 4. The smallest absolute Gasteiger partial charge is 0.271 e. The molecule has 6 heteroatoms. The predicted octanol–water partition coefficient (Wildman–Crippen LogP) is 2.72. The van der Waals surface area contributed by atoms with Crippen LogP contribution in [0.1, 0.15) is 36.7 Å². The van der Waals surface area contributed by atoms with E-state index in [2.05, 4.69) is 17.2 Å². The molecule has 0 saturated heterocycles. The number of nitrogens with two attached hydrogens (primary N) is 1. The van der Waals surface area contributed by atoms with E-state index in [0.717, 1.165) is 25.0 Å². The number of nitrogen functional groups attached to an aromatic ring is 1. The summed E-state index contributed by atoms with van der Waals surface area (Å²) in [4.78, 5) is 16.1. The van der Waals surface area contributed by atoms with Gasteiger partial charge in [0.1, 0.15) is 11.5 Å². The van der Waals surface area contributed by atoms with E-state index < -0.39 is 0 Å². The van der Waals surface area contributed by atoms with Crippen LogP contribution in [0.5, 0.6) is 0 Å². The summed E-state index contributed by atoms with van der Waals surface area (Å²) in [5.41, 5.74) is 5.80. The maximum absolute atomic E-state index is 12.1. The average Bonchev–Trinajstić information content (AvgIpc) is 2.80. The van der Waals surface area contributed by atoms with Crippen LogP contribution in [0.4, 0.5) is 5.82 Å². The molecule has 2 unspecified atom stereocenters. The first-order valence-corrected chi connectivity index (χ1v) is 7.87. The molecule has 1 aromatic heterocycles. The summed E-state index contributed by atoms with van der Waals surface area (Å²) in [7, 11) is 0. The van der Waals surface area contributed by atoms with E-state index in [1.54, 1.807) is 12.1 Å². The number of nitrogens with one attached hydrogen (secondary N) is 1. The first kappa shape index (κ1) is 14.5. The molecule has 1 aromatic rings. The van der Waals surface area contributed by atoms with Crippen LogP contribution in [0.2, 0.25) is 5.02 Å². The van der Waals surface area contributed by atoms with Gasteiger partial charge in [0.15, 0.2) is 0 Å². The van der Waals surface area contributed by atoms with Crippen molar-refractivity contribution in [3.05, 3.63) is 22.8 Å². The Morgan fingerprint density at radius 2 is 2.37 bits per heavy atom. The molecule has 0 bridgehead atoms. The molecule has 1 fully saturated rings. The molecule has 3 N–H and O–H groups in total. The number of anilines is 1. The molecule has 1 aliphatic carbocycles. The van der Waals surface area contributed by atoms with Gasteiger partial charge in [-0.2, -0.15) is 11.8 Å². The van der Waals surface area contributed by atoms with Gasteiger partial charge in [0.25, 0.3) is 5.91 Å². The Morgan fingerprint density at radius 3 is 3.11 bits per heavy atom. The topological polar surface area (TPSA) is 68.0 Å². The zero-order valence-electron chi connectivity index (χ0n) is 10.9. The van der Waals surface area contributed by atoms with Crippen molar-refractivity contribution in [2.75, 3.05) is 11.5 Å². The fourth-order valence-corrected chi connectivity index (χ4v) is 3.66. The molecule has 19 heavy (non-hydrogen) atoms. The first-order valence-electron chi connectivity index (χ1n) is 6.44. The Labute approximate surface area is 122 Å². The summed E-state index contributed by atoms with van der Waals surface area (Å²) in [6, 6.07) is 3.40. The molecule has 2 rings (SSSR count). The molecule has 1 aliphatic rings. The molecule has 104 valence electrons. The monoisotopic (exact) mass is 299 g/mol. The van der Waals surface area contributed by atoms with E-state index >= 15 is 0 Å². The molecular formula is C13H18ClN3OS. The highest BCUT2D eigenvalue weighted by molar-refractivity contribution is 7.99. The highest BCUT2D eigenvalue weighted by Crippen LogP contribution is 2.30. The van der Waals surface area contributed by atoms with Gasteiger partial charge >= 0.3 is 0 Å². The van der Waals surface area contributed by atoms with Gasteiger partial charge in [-0.15, -0.1) is 0 Å². The van der Waals surface area contributed by atoms with Crippen molar-refractivity contribution in [2.24, 2.45) is 0 Å². The number of halogens is 1. The molecule has 0 aliphatic heterocycles. The Bertz CT molecular complexity index is 469. The van der Waals surface area contributed by atoms with Crippen molar-refractivity contribution >= 4 is 35.1 Å². The average molecular weight is 300 g/mol. The van der Waals surface area contributed by atoms with Crippen LogP contribution in [0.15, 0.2) is 12.1 Å². The van der Waals surface area contributed by atoms with E-state index in [1.807, 2.05) is 11.8 Å². The van der Waals surface area contributed by atoms with Crippen LogP contribution in [0.3, 0.4) is 0 Å². The van der Waals surface area contributed by atoms with Crippen LogP contribution in [-0.2, 0) is 0 Å². The number of aromatic nitrogens is 1. The molecule has 0 spiro atoms. The molecule has 1 amide bonds. The number of carbonyl (C=O) groups excluding carboxylic acids is 1. The van der Waals surface area contributed by atoms with Crippen molar-refractivity contribution in [1.29, 1.82) is 0 Å². The van der Waals surface area contributed by atoms with Crippen molar-refractivity contribution in [2.45, 2.75) is 37.5 Å². The number of amides is 1. The summed E-state index contributed by atoms with van der Waals surface area (Å²) >= 11 is 7.93. The largest absolute Gasteiger partial charge is 0.384 e. The third-order valence-electron chi connectivity index (χ3n) is 3.20. The third-order valence-corrected chi connectivity index (χ3v) is 4.74. The minimum absolute atomic E-state index is 0.216. The van der Waals surface area contributed by atoms with Gasteiger partial charge < -0.3 is 11.1 Å². The van der Waals surface area contributed by atoms with Crippen LogP contribution >= 0.6 is 23.4 Å². The number of thioether (sulfide) groups is 1. The Hall–Kier alpha value is -0.940. The van der Waals surface area contributed by atoms with E-state index in [1.165, 1.54) is 0 Å². The molecule has 4 nitrogen and oxygen atoms in total.